The third-order valence-electron chi connectivity index (χ3n) is 2.75. The maximum Gasteiger partial charge on any atom is 0.231 e. The number of rotatable bonds is 2. The molecule has 2 heterocycles. The van der Waals surface area contributed by atoms with Gasteiger partial charge in [-0.1, -0.05) is 0 Å². The Labute approximate surface area is 93.8 Å². The van der Waals surface area contributed by atoms with Crippen molar-refractivity contribution in [2.75, 3.05) is 20.9 Å². The molecule has 3 rings (SSSR count). The number of nitrogens with one attached hydrogen (secondary N) is 1. The zero-order valence-electron chi connectivity index (χ0n) is 9.41. The molecular weight excluding hydrogens is 204 g/mol. The number of hydrogen-bond donors (Lipinski definition) is 1. The lowest BCUT2D eigenvalue weighted by atomic mass is 10.1. The average molecular weight is 218 g/mol. The molecule has 0 amide bonds. The Morgan fingerprint density at radius 3 is 2.75 bits per heavy atom. The fourth-order valence-corrected chi connectivity index (χ4v) is 2.04. The number of ether oxygens (including phenoxy) is 2. The summed E-state index contributed by atoms with van der Waals surface area (Å²) in [6, 6.07) is 4.05. The van der Waals surface area contributed by atoms with Crippen LogP contribution in [-0.4, -0.2) is 30.8 Å². The van der Waals surface area contributed by atoms with Gasteiger partial charge in [-0.15, -0.1) is 0 Å². The molecule has 1 N–H and O–H groups in total. The summed E-state index contributed by atoms with van der Waals surface area (Å²) in [6.07, 6.45) is 2.04. The Hall–Kier alpha value is -1.68. The highest BCUT2D eigenvalue weighted by Crippen LogP contribution is 2.36. The van der Waals surface area contributed by atoms with Gasteiger partial charge in [0.2, 0.25) is 6.79 Å². The van der Waals surface area contributed by atoms with E-state index in [4.69, 9.17) is 9.47 Å². The minimum Gasteiger partial charge on any atom is -0.454 e. The van der Waals surface area contributed by atoms with E-state index >= 15 is 0 Å². The first-order valence-corrected chi connectivity index (χ1v) is 5.28. The third kappa shape index (κ3) is 1.42. The first kappa shape index (κ1) is 9.54. The van der Waals surface area contributed by atoms with Crippen LogP contribution in [0.15, 0.2) is 18.3 Å². The Morgan fingerprint density at radius 2 is 2.00 bits per heavy atom. The predicted molar refractivity (Wildman–Crippen MR) is 61.8 cm³/mol. The Bertz CT molecular complexity index is 531. The molecular formula is C12H14N2O2. The van der Waals surface area contributed by atoms with Gasteiger partial charge in [0.1, 0.15) is 0 Å². The van der Waals surface area contributed by atoms with Gasteiger partial charge in [0.15, 0.2) is 11.5 Å². The van der Waals surface area contributed by atoms with E-state index in [0.29, 0.717) is 6.79 Å². The van der Waals surface area contributed by atoms with Crippen LogP contribution >= 0.6 is 0 Å². The molecule has 0 fully saturated rings. The summed E-state index contributed by atoms with van der Waals surface area (Å²) in [7, 11) is 4.12. The van der Waals surface area contributed by atoms with Crippen LogP contribution in [0, 0.1) is 0 Å². The van der Waals surface area contributed by atoms with Crippen LogP contribution in [0.25, 0.3) is 10.9 Å². The van der Waals surface area contributed by atoms with Crippen molar-refractivity contribution in [2.24, 2.45) is 0 Å². The lowest BCUT2D eigenvalue weighted by molar-refractivity contribution is 0.174. The second-order valence-electron chi connectivity index (χ2n) is 4.30. The minimum absolute atomic E-state index is 0.324. The molecule has 0 bridgehead atoms. The lowest BCUT2D eigenvalue weighted by Gasteiger charge is -2.08. The average Bonchev–Trinajstić information content (AvgIpc) is 2.81. The SMILES string of the molecule is CN(C)Cc1c[nH]c2cc3c(cc12)OCO3. The van der Waals surface area contributed by atoms with Crippen molar-refractivity contribution in [1.29, 1.82) is 0 Å². The van der Waals surface area contributed by atoms with Crippen molar-refractivity contribution in [3.63, 3.8) is 0 Å². The highest BCUT2D eigenvalue weighted by molar-refractivity contribution is 5.86. The van der Waals surface area contributed by atoms with Gasteiger partial charge in [-0.2, -0.15) is 0 Å². The van der Waals surface area contributed by atoms with Gasteiger partial charge in [0, 0.05) is 29.7 Å². The van der Waals surface area contributed by atoms with Gasteiger partial charge in [-0.05, 0) is 25.7 Å². The van der Waals surface area contributed by atoms with Gasteiger partial charge in [0.25, 0.3) is 0 Å². The van der Waals surface area contributed by atoms with E-state index in [1.165, 1.54) is 10.9 Å². The summed E-state index contributed by atoms with van der Waals surface area (Å²) in [5, 5.41) is 1.21. The first-order chi connectivity index (χ1) is 7.74. The zero-order chi connectivity index (χ0) is 11.1. The van der Waals surface area contributed by atoms with E-state index in [1.54, 1.807) is 0 Å². The molecule has 1 aliphatic rings. The van der Waals surface area contributed by atoms with Crippen molar-refractivity contribution < 1.29 is 9.47 Å². The smallest absolute Gasteiger partial charge is 0.231 e. The number of aromatic amines is 1. The summed E-state index contributed by atoms with van der Waals surface area (Å²) in [5.41, 5.74) is 2.37. The highest BCUT2D eigenvalue weighted by atomic mass is 16.7. The van der Waals surface area contributed by atoms with Crippen molar-refractivity contribution in [3.05, 3.63) is 23.9 Å². The van der Waals surface area contributed by atoms with Crippen molar-refractivity contribution in [2.45, 2.75) is 6.54 Å². The second kappa shape index (κ2) is 3.42. The molecule has 1 aliphatic heterocycles. The first-order valence-electron chi connectivity index (χ1n) is 5.28. The second-order valence-corrected chi connectivity index (χ2v) is 4.30. The summed E-state index contributed by atoms with van der Waals surface area (Å²) in [4.78, 5) is 5.41. The van der Waals surface area contributed by atoms with Gasteiger partial charge < -0.3 is 19.4 Å². The lowest BCUT2D eigenvalue weighted by Crippen LogP contribution is -2.10. The van der Waals surface area contributed by atoms with Crippen molar-refractivity contribution >= 4 is 10.9 Å². The molecule has 2 aromatic rings. The van der Waals surface area contributed by atoms with E-state index in [9.17, 15) is 0 Å². The van der Waals surface area contributed by atoms with E-state index in [2.05, 4.69) is 24.0 Å². The molecule has 4 nitrogen and oxygen atoms in total. The van der Waals surface area contributed by atoms with Crippen LogP contribution in [0.2, 0.25) is 0 Å². The molecule has 0 saturated heterocycles. The molecule has 4 heteroatoms. The van der Waals surface area contributed by atoms with Gasteiger partial charge in [-0.25, -0.2) is 0 Å². The molecule has 0 aliphatic carbocycles. The summed E-state index contributed by atoms with van der Waals surface area (Å²) >= 11 is 0. The van der Waals surface area contributed by atoms with Crippen LogP contribution in [-0.2, 0) is 6.54 Å². The quantitative estimate of drug-likeness (QED) is 0.837. The largest absolute Gasteiger partial charge is 0.454 e. The predicted octanol–water partition coefficient (Wildman–Crippen LogP) is 1.96. The summed E-state index contributed by atoms with van der Waals surface area (Å²) < 4.78 is 10.7. The molecule has 1 aromatic heterocycles. The van der Waals surface area contributed by atoms with Gasteiger partial charge in [0.05, 0.1) is 0 Å². The highest BCUT2D eigenvalue weighted by Gasteiger charge is 2.16. The maximum absolute atomic E-state index is 5.39. The van der Waals surface area contributed by atoms with Crippen LogP contribution in [0.4, 0.5) is 0 Å². The van der Waals surface area contributed by atoms with Gasteiger partial charge >= 0.3 is 0 Å². The normalized spacial score (nSPS) is 13.9. The van der Waals surface area contributed by atoms with Gasteiger partial charge in [-0.3, -0.25) is 0 Å². The molecule has 0 spiro atoms. The molecule has 0 radical (unpaired) electrons. The molecule has 0 atom stereocenters. The summed E-state index contributed by atoms with van der Waals surface area (Å²) in [5.74, 6) is 1.66. The number of nitrogens with zero attached hydrogens (tertiary/aromatic N) is 1. The fraction of sp³-hybridized carbons (Fsp3) is 0.333. The Kier molecular flexibility index (Phi) is 2.04. The Morgan fingerprint density at radius 1 is 1.25 bits per heavy atom. The van der Waals surface area contributed by atoms with Crippen molar-refractivity contribution in [3.8, 4) is 11.5 Å². The number of aromatic nitrogens is 1. The third-order valence-corrected chi connectivity index (χ3v) is 2.75. The number of fused-ring (bicyclic) bond motifs is 2. The molecule has 0 unspecified atom stereocenters. The summed E-state index contributed by atoms with van der Waals surface area (Å²) in [6.45, 7) is 1.24. The molecule has 0 saturated carbocycles. The zero-order valence-corrected chi connectivity index (χ0v) is 9.41. The maximum atomic E-state index is 5.39. The number of hydrogen-bond acceptors (Lipinski definition) is 3. The Balaban J connectivity index is 2.12. The number of H-pyrrole nitrogens is 1. The number of benzene rings is 1. The fourth-order valence-electron chi connectivity index (χ4n) is 2.04. The van der Waals surface area contributed by atoms with Crippen LogP contribution in [0.5, 0.6) is 11.5 Å². The van der Waals surface area contributed by atoms with E-state index < -0.39 is 0 Å². The molecule has 84 valence electrons. The van der Waals surface area contributed by atoms with Crippen LogP contribution in [0.3, 0.4) is 0 Å². The van der Waals surface area contributed by atoms with E-state index in [-0.39, 0.29) is 0 Å². The topological polar surface area (TPSA) is 37.5 Å². The van der Waals surface area contributed by atoms with Crippen LogP contribution < -0.4 is 9.47 Å². The van der Waals surface area contributed by atoms with Crippen LogP contribution in [0.1, 0.15) is 5.56 Å². The molecule has 1 aromatic carbocycles. The monoisotopic (exact) mass is 218 g/mol. The van der Waals surface area contributed by atoms with E-state index in [0.717, 1.165) is 23.6 Å². The minimum atomic E-state index is 0.324. The standard InChI is InChI=1S/C12H14N2O2/c1-14(2)6-8-5-13-10-4-12-11(3-9(8)10)15-7-16-12/h3-5,13H,6-7H2,1-2H3. The molecule has 16 heavy (non-hydrogen) atoms. The van der Waals surface area contributed by atoms with Crippen molar-refractivity contribution in [1.82, 2.24) is 9.88 Å². The van der Waals surface area contributed by atoms with E-state index in [1.807, 2.05) is 18.3 Å².